The number of hydrogen-bond acceptors (Lipinski definition) is 4. The third-order valence-electron chi connectivity index (χ3n) is 4.12. The Morgan fingerprint density at radius 1 is 1.35 bits per heavy atom. The number of anilines is 1. The minimum atomic E-state index is -0.315. The molecule has 2 N–H and O–H groups in total. The summed E-state index contributed by atoms with van der Waals surface area (Å²) in [6.45, 7) is 0.713. The van der Waals surface area contributed by atoms with E-state index < -0.39 is 0 Å². The summed E-state index contributed by atoms with van der Waals surface area (Å²) in [6, 6.07) is 4.28. The highest BCUT2D eigenvalue weighted by Gasteiger charge is 2.39. The molecule has 5 heteroatoms. The first-order valence-electron chi connectivity index (χ1n) is 7.10. The maximum absolute atomic E-state index is 13.3. The number of benzene rings is 1. The van der Waals surface area contributed by atoms with Gasteiger partial charge in [0.2, 0.25) is 0 Å². The van der Waals surface area contributed by atoms with Gasteiger partial charge in [-0.2, -0.15) is 11.8 Å². The average molecular weight is 297 g/mol. The summed E-state index contributed by atoms with van der Waals surface area (Å²) in [4.78, 5) is 0. The smallest absolute Gasteiger partial charge is 0.145 e. The topological polar surface area (TPSA) is 44.5 Å². The molecule has 2 fully saturated rings. The van der Waals surface area contributed by atoms with Crippen molar-refractivity contribution in [2.75, 3.05) is 23.8 Å². The molecule has 0 saturated carbocycles. The molecule has 0 aromatic heterocycles. The first kappa shape index (κ1) is 14.0. The van der Waals surface area contributed by atoms with E-state index in [1.807, 2.05) is 11.8 Å². The maximum atomic E-state index is 13.3. The van der Waals surface area contributed by atoms with Crippen LogP contribution in [0, 0.1) is 5.82 Å². The van der Waals surface area contributed by atoms with Crippen LogP contribution in [-0.4, -0.2) is 29.8 Å². The fourth-order valence-corrected chi connectivity index (χ4v) is 4.20. The summed E-state index contributed by atoms with van der Waals surface area (Å²) in [5, 5.41) is 0. The van der Waals surface area contributed by atoms with Gasteiger partial charge in [0.25, 0.3) is 0 Å². The minimum absolute atomic E-state index is 0.0315. The van der Waals surface area contributed by atoms with Crippen LogP contribution in [0.3, 0.4) is 0 Å². The highest BCUT2D eigenvalue weighted by Crippen LogP contribution is 2.39. The Hall–Kier alpha value is -0.940. The van der Waals surface area contributed by atoms with Crippen LogP contribution in [0.25, 0.3) is 0 Å². The van der Waals surface area contributed by atoms with E-state index in [4.69, 9.17) is 15.2 Å². The largest absolute Gasteiger partial charge is 0.488 e. The van der Waals surface area contributed by atoms with Gasteiger partial charge in [0.05, 0.1) is 17.9 Å². The van der Waals surface area contributed by atoms with Crippen LogP contribution < -0.4 is 10.5 Å². The van der Waals surface area contributed by atoms with Gasteiger partial charge in [0.1, 0.15) is 17.7 Å². The van der Waals surface area contributed by atoms with Crippen LogP contribution in [0.5, 0.6) is 5.75 Å². The van der Waals surface area contributed by atoms with E-state index in [0.717, 1.165) is 37.2 Å². The first-order valence-corrected chi connectivity index (χ1v) is 8.26. The van der Waals surface area contributed by atoms with Crippen molar-refractivity contribution in [2.24, 2.45) is 0 Å². The molecule has 3 nitrogen and oxygen atoms in total. The number of nitrogen functional groups attached to an aromatic ring is 1. The van der Waals surface area contributed by atoms with E-state index in [2.05, 4.69) is 0 Å². The van der Waals surface area contributed by atoms with Crippen LogP contribution >= 0.6 is 11.8 Å². The molecule has 20 heavy (non-hydrogen) atoms. The van der Waals surface area contributed by atoms with Crippen molar-refractivity contribution in [3.63, 3.8) is 0 Å². The van der Waals surface area contributed by atoms with Crippen molar-refractivity contribution in [2.45, 2.75) is 37.4 Å². The van der Waals surface area contributed by atoms with Crippen molar-refractivity contribution in [3.05, 3.63) is 24.0 Å². The fraction of sp³-hybridized carbons (Fsp3) is 0.600. The monoisotopic (exact) mass is 297 g/mol. The molecule has 1 unspecified atom stereocenters. The van der Waals surface area contributed by atoms with Crippen molar-refractivity contribution < 1.29 is 13.9 Å². The summed E-state index contributed by atoms with van der Waals surface area (Å²) < 4.78 is 25.3. The van der Waals surface area contributed by atoms with Gasteiger partial charge in [-0.3, -0.25) is 0 Å². The Labute approximate surface area is 123 Å². The lowest BCUT2D eigenvalue weighted by molar-refractivity contribution is -0.116. The molecule has 0 bridgehead atoms. The molecular formula is C15H20FNO2S. The highest BCUT2D eigenvalue weighted by atomic mass is 32.2. The van der Waals surface area contributed by atoms with E-state index in [1.165, 1.54) is 12.1 Å². The summed E-state index contributed by atoms with van der Waals surface area (Å²) in [5.41, 5.74) is 6.31. The zero-order chi connectivity index (χ0) is 14.0. The standard InChI is InChI=1S/C15H20FNO2S/c16-11-1-2-13(17)14(9-11)19-12-3-6-18-15(10-12)4-7-20-8-5-15/h1-2,9,12H,3-8,10,17H2. The maximum Gasteiger partial charge on any atom is 0.145 e. The lowest BCUT2D eigenvalue weighted by atomic mass is 9.86. The first-order chi connectivity index (χ1) is 9.67. The quantitative estimate of drug-likeness (QED) is 0.851. The minimum Gasteiger partial charge on any atom is -0.488 e. The van der Waals surface area contributed by atoms with Crippen LogP contribution in [0.2, 0.25) is 0 Å². The molecule has 1 spiro atoms. The summed E-state index contributed by atoms with van der Waals surface area (Å²) in [6.07, 6.45) is 3.94. The van der Waals surface area contributed by atoms with Gasteiger partial charge < -0.3 is 15.2 Å². The van der Waals surface area contributed by atoms with E-state index in [1.54, 1.807) is 6.07 Å². The molecule has 0 amide bonds. The molecule has 0 aliphatic carbocycles. The Kier molecular flexibility index (Phi) is 4.08. The third kappa shape index (κ3) is 3.04. The van der Waals surface area contributed by atoms with Gasteiger partial charge in [-0.15, -0.1) is 0 Å². The molecule has 2 aliphatic heterocycles. The molecule has 110 valence electrons. The normalized spacial score (nSPS) is 25.6. The molecule has 1 aromatic rings. The Bertz CT molecular complexity index is 471. The van der Waals surface area contributed by atoms with Gasteiger partial charge >= 0.3 is 0 Å². The van der Waals surface area contributed by atoms with E-state index in [9.17, 15) is 4.39 Å². The molecule has 2 saturated heterocycles. The van der Waals surface area contributed by atoms with Gasteiger partial charge in [-0.25, -0.2) is 4.39 Å². The van der Waals surface area contributed by atoms with Crippen molar-refractivity contribution in [1.82, 2.24) is 0 Å². The molecule has 1 atom stereocenters. The predicted molar refractivity (Wildman–Crippen MR) is 79.7 cm³/mol. The zero-order valence-electron chi connectivity index (χ0n) is 11.4. The Balaban J connectivity index is 1.69. The molecule has 3 rings (SSSR count). The Morgan fingerprint density at radius 3 is 2.95 bits per heavy atom. The second-order valence-corrected chi connectivity index (χ2v) is 6.78. The predicted octanol–water partition coefficient (Wildman–Crippen LogP) is 3.23. The van der Waals surface area contributed by atoms with E-state index in [0.29, 0.717) is 18.0 Å². The fourth-order valence-electron chi connectivity index (χ4n) is 2.97. The third-order valence-corrected chi connectivity index (χ3v) is 5.11. The number of rotatable bonds is 2. The van der Waals surface area contributed by atoms with Gasteiger partial charge in [0.15, 0.2) is 0 Å². The number of ether oxygens (including phenoxy) is 2. The number of halogens is 1. The van der Waals surface area contributed by atoms with E-state index in [-0.39, 0.29) is 17.5 Å². The Morgan fingerprint density at radius 2 is 2.15 bits per heavy atom. The molecule has 2 aliphatic rings. The average Bonchev–Trinajstić information content (AvgIpc) is 2.44. The number of nitrogens with two attached hydrogens (primary N) is 1. The lowest BCUT2D eigenvalue weighted by Gasteiger charge is -2.43. The second-order valence-electron chi connectivity index (χ2n) is 5.56. The highest BCUT2D eigenvalue weighted by molar-refractivity contribution is 7.99. The summed E-state index contributed by atoms with van der Waals surface area (Å²) >= 11 is 1.98. The van der Waals surface area contributed by atoms with Gasteiger partial charge in [-0.05, 0) is 36.5 Å². The van der Waals surface area contributed by atoms with Gasteiger partial charge in [-0.1, -0.05) is 0 Å². The zero-order valence-corrected chi connectivity index (χ0v) is 12.3. The summed E-state index contributed by atoms with van der Waals surface area (Å²) in [7, 11) is 0. The number of thioether (sulfide) groups is 1. The molecule has 0 radical (unpaired) electrons. The van der Waals surface area contributed by atoms with Crippen LogP contribution in [0.4, 0.5) is 10.1 Å². The number of hydrogen-bond donors (Lipinski definition) is 1. The van der Waals surface area contributed by atoms with Crippen molar-refractivity contribution >= 4 is 17.4 Å². The van der Waals surface area contributed by atoms with E-state index >= 15 is 0 Å². The lowest BCUT2D eigenvalue weighted by Crippen LogP contribution is -2.46. The summed E-state index contributed by atoms with van der Waals surface area (Å²) in [5.74, 6) is 2.44. The molecule has 1 aromatic carbocycles. The van der Waals surface area contributed by atoms with Crippen molar-refractivity contribution in [3.8, 4) is 5.75 Å². The molecule has 2 heterocycles. The van der Waals surface area contributed by atoms with Crippen molar-refractivity contribution in [1.29, 1.82) is 0 Å². The molecular weight excluding hydrogens is 277 g/mol. The van der Waals surface area contributed by atoms with Crippen LogP contribution in [0.1, 0.15) is 25.7 Å². The SMILES string of the molecule is Nc1ccc(F)cc1OC1CCOC2(CCSCC2)C1. The van der Waals surface area contributed by atoms with Gasteiger partial charge in [0, 0.05) is 18.9 Å². The van der Waals surface area contributed by atoms with Crippen LogP contribution in [0.15, 0.2) is 18.2 Å². The second kappa shape index (κ2) is 5.82. The van der Waals surface area contributed by atoms with Crippen LogP contribution in [-0.2, 0) is 4.74 Å².